The van der Waals surface area contributed by atoms with Crippen LogP contribution in [0.2, 0.25) is 5.02 Å². The summed E-state index contributed by atoms with van der Waals surface area (Å²) in [7, 11) is 1.99. The number of aldehydes is 1. The molecule has 0 saturated carbocycles. The molecule has 1 heterocycles. The van der Waals surface area contributed by atoms with Gasteiger partial charge in [0.25, 0.3) is 0 Å². The van der Waals surface area contributed by atoms with Crippen molar-refractivity contribution in [2.75, 3.05) is 11.9 Å². The highest BCUT2D eigenvalue weighted by Gasteiger charge is 2.20. The zero-order chi connectivity index (χ0) is 15.6. The third-order valence-corrected chi connectivity index (χ3v) is 4.86. The molecule has 0 fully saturated rings. The first kappa shape index (κ1) is 16.0. The van der Waals surface area contributed by atoms with E-state index >= 15 is 0 Å². The summed E-state index contributed by atoms with van der Waals surface area (Å²) >= 11 is 7.49. The van der Waals surface area contributed by atoms with E-state index in [0.29, 0.717) is 4.88 Å². The average molecular weight is 323 g/mol. The molecule has 112 valence electrons. The Bertz CT molecular complexity index is 639. The van der Waals surface area contributed by atoms with Crippen LogP contribution in [0.25, 0.3) is 0 Å². The van der Waals surface area contributed by atoms with Crippen molar-refractivity contribution in [3.63, 3.8) is 0 Å². The van der Waals surface area contributed by atoms with Gasteiger partial charge in [-0.3, -0.25) is 4.79 Å². The maximum absolute atomic E-state index is 11.2. The van der Waals surface area contributed by atoms with Gasteiger partial charge in [0.2, 0.25) is 0 Å². The second-order valence-corrected chi connectivity index (χ2v) is 6.81. The summed E-state index contributed by atoms with van der Waals surface area (Å²) in [6.45, 7) is 6.20. The van der Waals surface area contributed by atoms with Crippen molar-refractivity contribution >= 4 is 34.4 Å². The number of benzene rings is 1. The summed E-state index contributed by atoms with van der Waals surface area (Å²) in [6, 6.07) is 7.95. The van der Waals surface area contributed by atoms with Crippen molar-refractivity contribution in [3.8, 4) is 0 Å². The Hall–Kier alpha value is -1.39. The lowest BCUT2D eigenvalue weighted by Gasteiger charge is -2.24. The summed E-state index contributed by atoms with van der Waals surface area (Å²) in [5, 5.41) is 1.58. The van der Waals surface area contributed by atoms with E-state index in [-0.39, 0.29) is 12.0 Å². The maximum Gasteiger partial charge on any atom is 0.186 e. The predicted octanol–water partition coefficient (Wildman–Crippen LogP) is 4.93. The summed E-state index contributed by atoms with van der Waals surface area (Å²) in [5.41, 5.74) is 1.99. The number of halogens is 1. The second-order valence-electron chi connectivity index (χ2n) is 5.36. The summed E-state index contributed by atoms with van der Waals surface area (Å²) in [5.74, 6) is 0.241. The normalized spacial score (nSPS) is 12.5. The molecule has 0 radical (unpaired) electrons. The van der Waals surface area contributed by atoms with Gasteiger partial charge in [0.05, 0.1) is 16.6 Å². The molecule has 0 N–H and O–H groups in total. The number of hydrogen-bond donors (Lipinski definition) is 0. The Morgan fingerprint density at radius 2 is 2.05 bits per heavy atom. The van der Waals surface area contributed by atoms with Gasteiger partial charge in [0, 0.05) is 12.1 Å². The van der Waals surface area contributed by atoms with Gasteiger partial charge in [-0.05, 0) is 30.5 Å². The zero-order valence-corrected chi connectivity index (χ0v) is 14.2. The van der Waals surface area contributed by atoms with E-state index in [2.05, 4.69) is 16.8 Å². The van der Waals surface area contributed by atoms with Crippen LogP contribution in [0.5, 0.6) is 0 Å². The van der Waals surface area contributed by atoms with Crippen LogP contribution < -0.4 is 4.90 Å². The smallest absolute Gasteiger partial charge is 0.186 e. The summed E-state index contributed by atoms with van der Waals surface area (Å²) in [4.78, 5) is 18.6. The quantitative estimate of drug-likeness (QED) is 0.732. The Kier molecular flexibility index (Phi) is 5.01. The molecule has 0 amide bonds. The molecule has 0 bridgehead atoms. The number of hydrogen-bond acceptors (Lipinski definition) is 4. The fourth-order valence-electron chi connectivity index (χ4n) is 2.14. The van der Waals surface area contributed by atoms with Crippen LogP contribution in [-0.2, 0) is 0 Å². The summed E-state index contributed by atoms with van der Waals surface area (Å²) < 4.78 is 0. The minimum absolute atomic E-state index is 0.134. The highest BCUT2D eigenvalue weighted by Crippen LogP contribution is 2.33. The van der Waals surface area contributed by atoms with Gasteiger partial charge in [0.15, 0.2) is 11.4 Å². The molecule has 3 nitrogen and oxygen atoms in total. The molecule has 0 aliphatic rings. The molecule has 2 aromatic rings. The largest absolute Gasteiger partial charge is 0.344 e. The molecule has 0 spiro atoms. The molecule has 1 atom stereocenters. The Labute approximate surface area is 134 Å². The van der Waals surface area contributed by atoms with Crippen molar-refractivity contribution < 1.29 is 4.79 Å². The molecule has 0 saturated heterocycles. The summed E-state index contributed by atoms with van der Waals surface area (Å²) in [6.07, 6.45) is 0.897. The van der Waals surface area contributed by atoms with Crippen LogP contribution in [-0.4, -0.2) is 18.3 Å². The van der Waals surface area contributed by atoms with Gasteiger partial charge in [-0.2, -0.15) is 0 Å². The number of anilines is 1. The lowest BCUT2D eigenvalue weighted by molar-refractivity contribution is 0.112. The van der Waals surface area contributed by atoms with Gasteiger partial charge in [-0.25, -0.2) is 4.98 Å². The predicted molar refractivity (Wildman–Crippen MR) is 89.9 cm³/mol. The Morgan fingerprint density at radius 1 is 1.33 bits per heavy atom. The van der Waals surface area contributed by atoms with Crippen LogP contribution in [0, 0.1) is 0 Å². The minimum Gasteiger partial charge on any atom is -0.344 e. The van der Waals surface area contributed by atoms with Gasteiger partial charge in [-0.15, -0.1) is 0 Å². The van der Waals surface area contributed by atoms with E-state index in [1.54, 1.807) is 0 Å². The second kappa shape index (κ2) is 6.58. The Balaban J connectivity index is 2.31. The number of rotatable bonds is 5. The van der Waals surface area contributed by atoms with Crippen molar-refractivity contribution in [3.05, 3.63) is 45.4 Å². The third kappa shape index (κ3) is 3.44. The van der Waals surface area contributed by atoms with E-state index in [9.17, 15) is 4.79 Å². The number of carbonyl (C=O) groups is 1. The molecule has 1 aromatic heterocycles. The first-order chi connectivity index (χ1) is 9.93. The van der Waals surface area contributed by atoms with Gasteiger partial charge in [-0.1, -0.05) is 48.9 Å². The first-order valence-corrected chi connectivity index (χ1v) is 8.07. The number of thiazole rings is 1. The van der Waals surface area contributed by atoms with Crippen LogP contribution in [0.3, 0.4) is 0 Å². The van der Waals surface area contributed by atoms with E-state index in [1.807, 2.05) is 45.2 Å². The third-order valence-electron chi connectivity index (χ3n) is 3.54. The van der Waals surface area contributed by atoms with Crippen molar-refractivity contribution in [1.29, 1.82) is 0 Å². The molecule has 0 aliphatic heterocycles. The highest BCUT2D eigenvalue weighted by molar-refractivity contribution is 7.17. The van der Waals surface area contributed by atoms with Gasteiger partial charge < -0.3 is 4.90 Å². The first-order valence-electron chi connectivity index (χ1n) is 6.88. The van der Waals surface area contributed by atoms with Gasteiger partial charge >= 0.3 is 0 Å². The molecule has 1 unspecified atom stereocenters. The zero-order valence-electron chi connectivity index (χ0n) is 12.6. The molecular formula is C16H19ClN2OS. The molecule has 5 heteroatoms. The van der Waals surface area contributed by atoms with Crippen molar-refractivity contribution in [2.24, 2.45) is 0 Å². The molecular weight excluding hydrogens is 304 g/mol. The number of aromatic nitrogens is 1. The molecule has 21 heavy (non-hydrogen) atoms. The number of nitrogens with zero attached hydrogens (tertiary/aromatic N) is 2. The van der Waals surface area contributed by atoms with Crippen LogP contribution >= 0.6 is 22.9 Å². The lowest BCUT2D eigenvalue weighted by Crippen LogP contribution is -2.21. The standard InChI is InChI=1S/C16H19ClN2OS/c1-10(2)15-14(9-20)21-16(18-15)19(4)11(3)12-6-5-7-13(17)8-12/h5-11H,1-4H3. The van der Waals surface area contributed by atoms with Crippen LogP contribution in [0.15, 0.2) is 24.3 Å². The van der Waals surface area contributed by atoms with E-state index in [0.717, 1.165) is 27.7 Å². The lowest BCUT2D eigenvalue weighted by atomic mass is 10.1. The van der Waals surface area contributed by atoms with E-state index in [1.165, 1.54) is 11.3 Å². The van der Waals surface area contributed by atoms with E-state index < -0.39 is 0 Å². The Morgan fingerprint density at radius 3 is 2.57 bits per heavy atom. The van der Waals surface area contributed by atoms with Crippen LogP contribution in [0.1, 0.15) is 53.7 Å². The van der Waals surface area contributed by atoms with Gasteiger partial charge in [0.1, 0.15) is 0 Å². The molecule has 1 aromatic carbocycles. The van der Waals surface area contributed by atoms with E-state index in [4.69, 9.17) is 11.6 Å². The molecule has 2 rings (SSSR count). The average Bonchev–Trinajstić information content (AvgIpc) is 2.90. The number of carbonyl (C=O) groups excluding carboxylic acids is 1. The van der Waals surface area contributed by atoms with Crippen LogP contribution in [0.4, 0.5) is 5.13 Å². The fourth-order valence-corrected chi connectivity index (χ4v) is 3.41. The van der Waals surface area contributed by atoms with Crippen molar-refractivity contribution in [2.45, 2.75) is 32.7 Å². The fraction of sp³-hybridized carbons (Fsp3) is 0.375. The topological polar surface area (TPSA) is 33.2 Å². The monoisotopic (exact) mass is 322 g/mol. The minimum atomic E-state index is 0.134. The molecule has 0 aliphatic carbocycles. The highest BCUT2D eigenvalue weighted by atomic mass is 35.5. The maximum atomic E-state index is 11.2. The SMILES string of the molecule is CC(C)c1nc(N(C)C(C)c2cccc(Cl)c2)sc1C=O. The van der Waals surface area contributed by atoms with Crippen molar-refractivity contribution in [1.82, 2.24) is 4.98 Å².